The summed E-state index contributed by atoms with van der Waals surface area (Å²) in [4.78, 5) is 0. The van der Waals surface area contributed by atoms with Gasteiger partial charge in [-0.3, -0.25) is 0 Å². The highest BCUT2D eigenvalue weighted by Crippen LogP contribution is 2.55. The Morgan fingerprint density at radius 2 is 2.00 bits per heavy atom. The molecule has 0 amide bonds. The van der Waals surface area contributed by atoms with Gasteiger partial charge in [0.05, 0.1) is 0 Å². The van der Waals surface area contributed by atoms with E-state index < -0.39 is 8.25 Å². The molecule has 0 aliphatic heterocycles. The lowest BCUT2D eigenvalue weighted by Gasteiger charge is -2.07. The normalized spacial score (nSPS) is 31.5. The van der Waals surface area contributed by atoms with Crippen LogP contribution < -0.4 is 0 Å². The van der Waals surface area contributed by atoms with E-state index in [1.54, 1.807) is 0 Å². The van der Waals surface area contributed by atoms with Crippen LogP contribution in [-0.4, -0.2) is 12.2 Å². The van der Waals surface area contributed by atoms with Crippen molar-refractivity contribution in [2.45, 2.75) is 45.6 Å². The van der Waals surface area contributed by atoms with Gasteiger partial charge in [-0.15, -0.1) is 9.05 Å². The zero-order valence-corrected chi connectivity index (χ0v) is 10.6. The first kappa shape index (κ1) is 11.5. The summed E-state index contributed by atoms with van der Waals surface area (Å²) in [6.45, 7) is 6.27. The Balaban J connectivity index is 1.60. The van der Waals surface area contributed by atoms with E-state index in [0.717, 1.165) is 11.8 Å². The Kier molecular flexibility index (Phi) is 3.16. The molecule has 3 nitrogen and oxygen atoms in total. The molecule has 2 aliphatic rings. The van der Waals surface area contributed by atoms with E-state index in [9.17, 15) is 4.57 Å². The van der Waals surface area contributed by atoms with Gasteiger partial charge in [-0.05, 0) is 57.8 Å². The van der Waals surface area contributed by atoms with Gasteiger partial charge in [-0.2, -0.15) is 0 Å². The van der Waals surface area contributed by atoms with Crippen LogP contribution in [0.15, 0.2) is 0 Å². The molecular formula is C11H20O3P+. The fourth-order valence-electron chi connectivity index (χ4n) is 1.97. The first-order valence-corrected chi connectivity index (χ1v) is 6.84. The average molecular weight is 231 g/mol. The molecule has 0 bridgehead atoms. The van der Waals surface area contributed by atoms with Crippen LogP contribution in [0.5, 0.6) is 0 Å². The van der Waals surface area contributed by atoms with Crippen LogP contribution in [-0.2, 0) is 13.6 Å². The SMILES string of the molecule is CC(C)(C)O[P+](=O)OC[C@H]1CC1C1CC1. The fourth-order valence-corrected chi connectivity index (χ4v) is 2.78. The van der Waals surface area contributed by atoms with Gasteiger partial charge in [0.2, 0.25) is 0 Å². The van der Waals surface area contributed by atoms with Crippen molar-refractivity contribution in [2.75, 3.05) is 6.61 Å². The van der Waals surface area contributed by atoms with Crippen LogP contribution in [0.1, 0.15) is 40.0 Å². The molecule has 2 rings (SSSR count). The molecular weight excluding hydrogens is 211 g/mol. The number of hydrogen-bond acceptors (Lipinski definition) is 3. The maximum Gasteiger partial charge on any atom is 0.697 e. The molecule has 0 aromatic carbocycles. The van der Waals surface area contributed by atoms with E-state index >= 15 is 0 Å². The van der Waals surface area contributed by atoms with Crippen LogP contribution in [0, 0.1) is 17.8 Å². The zero-order chi connectivity index (χ0) is 11.1. The van der Waals surface area contributed by atoms with Gasteiger partial charge in [-0.1, -0.05) is 0 Å². The summed E-state index contributed by atoms with van der Waals surface area (Å²) in [7, 11) is -1.93. The first-order valence-electron chi connectivity index (χ1n) is 5.75. The second-order valence-electron chi connectivity index (χ2n) is 5.72. The largest absolute Gasteiger partial charge is 0.697 e. The lowest BCUT2D eigenvalue weighted by molar-refractivity contribution is 0.106. The zero-order valence-electron chi connectivity index (χ0n) is 9.73. The molecule has 4 heteroatoms. The predicted molar refractivity (Wildman–Crippen MR) is 58.7 cm³/mol. The molecule has 2 fully saturated rings. The Bertz CT molecular complexity index is 255. The Morgan fingerprint density at radius 3 is 2.53 bits per heavy atom. The van der Waals surface area contributed by atoms with Gasteiger partial charge in [-0.25, -0.2) is 0 Å². The predicted octanol–water partition coefficient (Wildman–Crippen LogP) is 3.52. The van der Waals surface area contributed by atoms with E-state index in [1.807, 2.05) is 20.8 Å². The Labute approximate surface area is 92.5 Å². The average Bonchev–Trinajstić information content (AvgIpc) is 2.92. The van der Waals surface area contributed by atoms with Crippen molar-refractivity contribution in [3.63, 3.8) is 0 Å². The highest BCUT2D eigenvalue weighted by atomic mass is 31.1. The number of rotatable bonds is 5. The molecule has 0 radical (unpaired) electrons. The van der Waals surface area contributed by atoms with Crippen LogP contribution in [0.3, 0.4) is 0 Å². The van der Waals surface area contributed by atoms with Gasteiger partial charge in [0.15, 0.2) is 0 Å². The molecule has 15 heavy (non-hydrogen) atoms. The Hall–Kier alpha value is 0.0200. The highest BCUT2D eigenvalue weighted by Gasteiger charge is 2.48. The molecule has 0 spiro atoms. The van der Waals surface area contributed by atoms with Gasteiger partial charge >= 0.3 is 8.25 Å². The van der Waals surface area contributed by atoms with Gasteiger partial charge < -0.3 is 0 Å². The van der Waals surface area contributed by atoms with Crippen molar-refractivity contribution in [3.8, 4) is 0 Å². The summed E-state index contributed by atoms with van der Waals surface area (Å²) < 4.78 is 21.8. The summed E-state index contributed by atoms with van der Waals surface area (Å²) >= 11 is 0. The molecule has 0 N–H and O–H groups in total. The minimum atomic E-state index is -1.93. The second kappa shape index (κ2) is 4.12. The summed E-state index contributed by atoms with van der Waals surface area (Å²) in [5, 5.41) is 0. The summed E-state index contributed by atoms with van der Waals surface area (Å²) in [5.74, 6) is 2.48. The fraction of sp³-hybridized carbons (Fsp3) is 1.00. The molecule has 2 saturated carbocycles. The summed E-state index contributed by atoms with van der Waals surface area (Å²) in [5.41, 5.74) is -0.382. The minimum absolute atomic E-state index is 0.382. The van der Waals surface area contributed by atoms with E-state index in [4.69, 9.17) is 9.05 Å². The monoisotopic (exact) mass is 231 g/mol. The maximum absolute atomic E-state index is 11.4. The van der Waals surface area contributed by atoms with Gasteiger partial charge in [0, 0.05) is 4.57 Å². The van der Waals surface area contributed by atoms with Crippen LogP contribution in [0.4, 0.5) is 0 Å². The van der Waals surface area contributed by atoms with Crippen LogP contribution in [0.25, 0.3) is 0 Å². The van der Waals surface area contributed by atoms with E-state index in [0.29, 0.717) is 12.5 Å². The molecule has 2 aliphatic carbocycles. The smallest absolute Gasteiger partial charge is 0.119 e. The lowest BCUT2D eigenvalue weighted by Crippen LogP contribution is -2.15. The molecule has 0 saturated heterocycles. The van der Waals surface area contributed by atoms with Crippen molar-refractivity contribution in [3.05, 3.63) is 0 Å². The van der Waals surface area contributed by atoms with Crippen LogP contribution >= 0.6 is 8.25 Å². The van der Waals surface area contributed by atoms with Crippen molar-refractivity contribution in [1.29, 1.82) is 0 Å². The first-order chi connectivity index (χ1) is 6.96. The quantitative estimate of drug-likeness (QED) is 0.679. The van der Waals surface area contributed by atoms with Crippen molar-refractivity contribution in [2.24, 2.45) is 17.8 Å². The van der Waals surface area contributed by atoms with Gasteiger partial charge in [0.25, 0.3) is 0 Å². The third-order valence-corrected chi connectivity index (χ3v) is 4.00. The van der Waals surface area contributed by atoms with Gasteiger partial charge in [0.1, 0.15) is 12.2 Å². The third kappa shape index (κ3) is 3.82. The summed E-state index contributed by atoms with van der Waals surface area (Å²) in [6.07, 6.45) is 4.06. The molecule has 3 atom stereocenters. The van der Waals surface area contributed by atoms with Crippen LogP contribution in [0.2, 0.25) is 0 Å². The van der Waals surface area contributed by atoms with Crippen molar-refractivity contribution >= 4 is 8.25 Å². The Morgan fingerprint density at radius 1 is 1.33 bits per heavy atom. The van der Waals surface area contributed by atoms with E-state index in [1.165, 1.54) is 19.3 Å². The molecule has 0 aromatic rings. The molecule has 0 heterocycles. The van der Waals surface area contributed by atoms with Crippen molar-refractivity contribution in [1.82, 2.24) is 0 Å². The topological polar surface area (TPSA) is 35.5 Å². The third-order valence-electron chi connectivity index (χ3n) is 2.95. The molecule has 86 valence electrons. The van der Waals surface area contributed by atoms with E-state index in [2.05, 4.69) is 0 Å². The second-order valence-corrected chi connectivity index (χ2v) is 6.61. The highest BCUT2D eigenvalue weighted by molar-refractivity contribution is 7.33. The number of hydrogen-bond donors (Lipinski definition) is 0. The molecule has 0 aromatic heterocycles. The summed E-state index contributed by atoms with van der Waals surface area (Å²) in [6, 6.07) is 0. The standard InChI is InChI=1S/C11H20O3P/c1-11(2,3)14-15(12)13-7-9-6-10(9)8-4-5-8/h8-10H,4-7H2,1-3H3/q+1/t9-,10?/m1/s1. The van der Waals surface area contributed by atoms with Crippen molar-refractivity contribution < 1.29 is 13.6 Å². The lowest BCUT2D eigenvalue weighted by atomic mass is 10.2. The maximum atomic E-state index is 11.4. The minimum Gasteiger partial charge on any atom is -0.119 e. The molecule has 2 unspecified atom stereocenters. The van der Waals surface area contributed by atoms with E-state index in [-0.39, 0.29) is 5.60 Å².